The third-order valence-electron chi connectivity index (χ3n) is 2.73. The minimum atomic E-state index is -1.27. The number of nitro groups is 1. The number of oxazole rings is 1. The van der Waals surface area contributed by atoms with Crippen molar-refractivity contribution < 1.29 is 24.0 Å². The molecule has 0 unspecified atom stereocenters. The Kier molecular flexibility index (Phi) is 3.88. The van der Waals surface area contributed by atoms with Crippen molar-refractivity contribution in [3.05, 3.63) is 39.6 Å². The lowest BCUT2D eigenvalue weighted by atomic mass is 10.1. The largest absolute Gasteiger partial charge is 0.476 e. The lowest BCUT2D eigenvalue weighted by Gasteiger charge is -2.01. The summed E-state index contributed by atoms with van der Waals surface area (Å²) < 4.78 is 10.4. The summed E-state index contributed by atoms with van der Waals surface area (Å²) in [5.41, 5.74) is 0.621. The normalized spacial score (nSPS) is 10.4. The number of carboxylic acids is 1. The van der Waals surface area contributed by atoms with Gasteiger partial charge < -0.3 is 14.3 Å². The standard InChI is InChI=1S/C13H12N2O6/c1-3-20-13-10(12(16)17)14-11(21-13)9-5-4-8(15(18)19)6-7(9)2/h4-6H,3H2,1-2H3,(H,16,17). The molecule has 8 nitrogen and oxygen atoms in total. The van der Waals surface area contributed by atoms with Gasteiger partial charge in [-0.3, -0.25) is 10.1 Å². The number of carbonyl (C=O) groups is 1. The number of ether oxygens (including phenoxy) is 1. The summed E-state index contributed by atoms with van der Waals surface area (Å²) >= 11 is 0. The van der Waals surface area contributed by atoms with Crippen LogP contribution in [0.4, 0.5) is 5.69 Å². The quantitative estimate of drug-likeness (QED) is 0.665. The molecule has 1 heterocycles. The average molecular weight is 292 g/mol. The Morgan fingerprint density at radius 2 is 2.24 bits per heavy atom. The average Bonchev–Trinajstić information content (AvgIpc) is 2.83. The van der Waals surface area contributed by atoms with Crippen molar-refractivity contribution in [3.8, 4) is 17.4 Å². The van der Waals surface area contributed by atoms with Gasteiger partial charge in [0.05, 0.1) is 11.5 Å². The highest BCUT2D eigenvalue weighted by atomic mass is 16.6. The number of aromatic nitrogens is 1. The fourth-order valence-corrected chi connectivity index (χ4v) is 1.79. The summed E-state index contributed by atoms with van der Waals surface area (Å²) in [5.74, 6) is -1.41. The molecule has 0 saturated heterocycles. The summed E-state index contributed by atoms with van der Waals surface area (Å²) in [6.45, 7) is 3.56. The Balaban J connectivity index is 2.49. The molecule has 8 heteroatoms. The summed E-state index contributed by atoms with van der Waals surface area (Å²) in [5, 5.41) is 19.7. The predicted molar refractivity (Wildman–Crippen MR) is 71.5 cm³/mol. The first kappa shape index (κ1) is 14.5. The van der Waals surface area contributed by atoms with E-state index in [4.69, 9.17) is 14.3 Å². The van der Waals surface area contributed by atoms with Crippen molar-refractivity contribution in [3.63, 3.8) is 0 Å². The van der Waals surface area contributed by atoms with Gasteiger partial charge in [-0.2, -0.15) is 4.98 Å². The Bertz CT molecular complexity index is 707. The van der Waals surface area contributed by atoms with E-state index < -0.39 is 10.9 Å². The minimum Gasteiger partial charge on any atom is -0.476 e. The number of carboxylic acid groups (broad SMARTS) is 1. The molecule has 110 valence electrons. The summed E-state index contributed by atoms with van der Waals surface area (Å²) in [7, 11) is 0. The summed E-state index contributed by atoms with van der Waals surface area (Å²) in [4.78, 5) is 25.1. The van der Waals surface area contributed by atoms with Crippen LogP contribution in [0, 0.1) is 17.0 Å². The van der Waals surface area contributed by atoms with Gasteiger partial charge in [0.1, 0.15) is 0 Å². The van der Waals surface area contributed by atoms with Gasteiger partial charge in [0, 0.05) is 17.7 Å². The number of hydrogen-bond acceptors (Lipinski definition) is 6. The zero-order chi connectivity index (χ0) is 15.6. The van der Waals surface area contributed by atoms with Crippen molar-refractivity contribution in [2.75, 3.05) is 6.61 Å². The Morgan fingerprint density at radius 1 is 1.52 bits per heavy atom. The smallest absolute Gasteiger partial charge is 0.362 e. The van der Waals surface area contributed by atoms with Crippen LogP contribution in [0.15, 0.2) is 22.6 Å². The molecule has 0 fully saturated rings. The number of non-ortho nitro benzene ring substituents is 1. The molecule has 0 atom stereocenters. The number of rotatable bonds is 5. The van der Waals surface area contributed by atoms with Crippen LogP contribution in [-0.2, 0) is 0 Å². The van der Waals surface area contributed by atoms with E-state index in [1.54, 1.807) is 13.8 Å². The molecular weight excluding hydrogens is 280 g/mol. The van der Waals surface area contributed by atoms with E-state index >= 15 is 0 Å². The van der Waals surface area contributed by atoms with Crippen LogP contribution >= 0.6 is 0 Å². The molecule has 0 aliphatic carbocycles. The molecule has 0 amide bonds. The van der Waals surface area contributed by atoms with Gasteiger partial charge in [0.2, 0.25) is 11.6 Å². The molecule has 0 aliphatic heterocycles. The van der Waals surface area contributed by atoms with Crippen LogP contribution in [0.5, 0.6) is 5.95 Å². The number of benzene rings is 1. The molecule has 0 radical (unpaired) electrons. The fourth-order valence-electron chi connectivity index (χ4n) is 1.79. The molecule has 0 saturated carbocycles. The van der Waals surface area contributed by atoms with Crippen LogP contribution in [-0.4, -0.2) is 27.6 Å². The van der Waals surface area contributed by atoms with Gasteiger partial charge in [-0.25, -0.2) is 4.79 Å². The van der Waals surface area contributed by atoms with Gasteiger partial charge in [0.25, 0.3) is 5.69 Å². The van der Waals surface area contributed by atoms with E-state index in [9.17, 15) is 14.9 Å². The van der Waals surface area contributed by atoms with Gasteiger partial charge in [-0.15, -0.1) is 0 Å². The molecule has 1 aromatic carbocycles. The zero-order valence-corrected chi connectivity index (χ0v) is 11.3. The summed E-state index contributed by atoms with van der Waals surface area (Å²) in [6.07, 6.45) is 0. The van der Waals surface area contributed by atoms with Crippen molar-refractivity contribution in [2.24, 2.45) is 0 Å². The summed E-state index contributed by atoms with van der Waals surface area (Å²) in [6, 6.07) is 4.12. The molecule has 1 aromatic heterocycles. The van der Waals surface area contributed by atoms with Crippen LogP contribution in [0.25, 0.3) is 11.5 Å². The van der Waals surface area contributed by atoms with Crippen LogP contribution in [0.3, 0.4) is 0 Å². The second-order valence-corrected chi connectivity index (χ2v) is 4.15. The van der Waals surface area contributed by atoms with E-state index in [1.165, 1.54) is 18.2 Å². The highest BCUT2D eigenvalue weighted by Crippen LogP contribution is 2.31. The zero-order valence-electron chi connectivity index (χ0n) is 11.3. The maximum atomic E-state index is 11.1. The molecule has 2 aromatic rings. The lowest BCUT2D eigenvalue weighted by molar-refractivity contribution is -0.384. The molecule has 0 bridgehead atoms. The van der Waals surface area contributed by atoms with Gasteiger partial charge in [-0.05, 0) is 25.5 Å². The maximum absolute atomic E-state index is 11.1. The van der Waals surface area contributed by atoms with Gasteiger partial charge in [-0.1, -0.05) is 0 Å². The van der Waals surface area contributed by atoms with E-state index in [0.717, 1.165) is 0 Å². The van der Waals surface area contributed by atoms with Crippen LogP contribution in [0.2, 0.25) is 0 Å². The topological polar surface area (TPSA) is 116 Å². The monoisotopic (exact) mass is 292 g/mol. The van der Waals surface area contributed by atoms with Crippen molar-refractivity contribution >= 4 is 11.7 Å². The number of nitrogens with zero attached hydrogens (tertiary/aromatic N) is 2. The third-order valence-corrected chi connectivity index (χ3v) is 2.73. The number of hydrogen-bond donors (Lipinski definition) is 1. The first-order valence-electron chi connectivity index (χ1n) is 6.06. The second kappa shape index (κ2) is 5.61. The van der Waals surface area contributed by atoms with Crippen LogP contribution in [0.1, 0.15) is 23.0 Å². The highest BCUT2D eigenvalue weighted by molar-refractivity contribution is 5.88. The molecule has 21 heavy (non-hydrogen) atoms. The molecular formula is C13H12N2O6. The molecule has 2 rings (SSSR count). The fraction of sp³-hybridized carbons (Fsp3) is 0.231. The van der Waals surface area contributed by atoms with E-state index in [1.807, 2.05) is 0 Å². The van der Waals surface area contributed by atoms with Gasteiger partial charge >= 0.3 is 11.9 Å². The first-order valence-corrected chi connectivity index (χ1v) is 6.06. The van der Waals surface area contributed by atoms with Gasteiger partial charge in [0.15, 0.2) is 0 Å². The number of aromatic carboxylic acids is 1. The maximum Gasteiger partial charge on any atom is 0.362 e. The predicted octanol–water partition coefficient (Wildman–Crippen LogP) is 2.66. The van der Waals surface area contributed by atoms with E-state index in [2.05, 4.69) is 4.98 Å². The first-order chi connectivity index (χ1) is 9.93. The Labute approximate surface area is 119 Å². The molecule has 0 spiro atoms. The SMILES string of the molecule is CCOc1oc(-c2ccc([N+](=O)[O-])cc2C)nc1C(=O)O. The highest BCUT2D eigenvalue weighted by Gasteiger charge is 2.23. The number of aryl methyl sites for hydroxylation is 1. The third kappa shape index (κ3) is 2.83. The van der Waals surface area contributed by atoms with Crippen molar-refractivity contribution in [2.45, 2.75) is 13.8 Å². The van der Waals surface area contributed by atoms with Crippen molar-refractivity contribution in [1.29, 1.82) is 0 Å². The number of nitro benzene ring substituents is 1. The van der Waals surface area contributed by atoms with Crippen molar-refractivity contribution in [1.82, 2.24) is 4.98 Å². The van der Waals surface area contributed by atoms with E-state index in [-0.39, 0.29) is 29.8 Å². The minimum absolute atomic E-state index is 0.0447. The molecule has 0 aliphatic rings. The van der Waals surface area contributed by atoms with E-state index in [0.29, 0.717) is 11.1 Å². The lowest BCUT2D eigenvalue weighted by Crippen LogP contribution is -2.01. The second-order valence-electron chi connectivity index (χ2n) is 4.15. The molecule has 1 N–H and O–H groups in total. The van der Waals surface area contributed by atoms with Crippen LogP contribution < -0.4 is 4.74 Å². The Morgan fingerprint density at radius 3 is 2.76 bits per heavy atom. The Hall–Kier alpha value is -2.90.